The molecule has 0 aliphatic rings. The van der Waals surface area contributed by atoms with Crippen LogP contribution in [0.5, 0.6) is 0 Å². The van der Waals surface area contributed by atoms with Crippen molar-refractivity contribution in [1.82, 2.24) is 5.43 Å². The second kappa shape index (κ2) is 4.77. The molecule has 0 radical (unpaired) electrons. The van der Waals surface area contributed by atoms with Gasteiger partial charge in [-0.25, -0.2) is 5.43 Å². The van der Waals surface area contributed by atoms with Crippen LogP contribution in [0.1, 0.15) is 19.4 Å². The first-order valence-corrected chi connectivity index (χ1v) is 4.54. The standard InChI is InChI=1S/C10H11ClN2O/c1-7(12-13-8(2)14)9-4-3-5-10(11)6-9/h3-6H,1-2H3,(H,13,14)/b12-7-. The summed E-state index contributed by atoms with van der Waals surface area (Å²) < 4.78 is 0. The van der Waals surface area contributed by atoms with Crippen LogP contribution in [0.2, 0.25) is 5.02 Å². The summed E-state index contributed by atoms with van der Waals surface area (Å²) in [5.41, 5.74) is 3.99. The summed E-state index contributed by atoms with van der Waals surface area (Å²) in [7, 11) is 0. The van der Waals surface area contributed by atoms with Crippen LogP contribution in [0.4, 0.5) is 0 Å². The maximum Gasteiger partial charge on any atom is 0.236 e. The van der Waals surface area contributed by atoms with Crippen molar-refractivity contribution < 1.29 is 4.79 Å². The highest BCUT2D eigenvalue weighted by molar-refractivity contribution is 6.31. The molecule has 0 unspecified atom stereocenters. The lowest BCUT2D eigenvalue weighted by Gasteiger charge is -2.00. The highest BCUT2D eigenvalue weighted by atomic mass is 35.5. The highest BCUT2D eigenvalue weighted by Gasteiger charge is 1.98. The third-order valence-corrected chi connectivity index (χ3v) is 1.86. The van der Waals surface area contributed by atoms with E-state index < -0.39 is 0 Å². The van der Waals surface area contributed by atoms with Gasteiger partial charge in [-0.3, -0.25) is 4.79 Å². The second-order valence-electron chi connectivity index (χ2n) is 2.88. The first kappa shape index (κ1) is 10.7. The Morgan fingerprint density at radius 3 is 2.71 bits per heavy atom. The van der Waals surface area contributed by atoms with Crippen LogP contribution < -0.4 is 5.43 Å². The summed E-state index contributed by atoms with van der Waals surface area (Å²) in [5, 5.41) is 4.55. The van der Waals surface area contributed by atoms with Gasteiger partial charge >= 0.3 is 0 Å². The normalized spacial score (nSPS) is 11.2. The van der Waals surface area contributed by atoms with Crippen LogP contribution in [0.3, 0.4) is 0 Å². The third-order valence-electron chi connectivity index (χ3n) is 1.62. The van der Waals surface area contributed by atoms with Crippen LogP contribution in [-0.2, 0) is 4.79 Å². The molecular formula is C10H11ClN2O. The smallest absolute Gasteiger partial charge is 0.236 e. The van der Waals surface area contributed by atoms with Crippen molar-refractivity contribution in [3.05, 3.63) is 34.9 Å². The molecule has 0 fully saturated rings. The van der Waals surface area contributed by atoms with Gasteiger partial charge in [0.05, 0.1) is 5.71 Å². The molecule has 1 amide bonds. The topological polar surface area (TPSA) is 41.5 Å². The summed E-state index contributed by atoms with van der Waals surface area (Å²) in [6, 6.07) is 7.30. The summed E-state index contributed by atoms with van der Waals surface area (Å²) in [6.07, 6.45) is 0. The minimum Gasteiger partial charge on any atom is -0.274 e. The largest absolute Gasteiger partial charge is 0.274 e. The maximum absolute atomic E-state index is 10.6. The molecule has 74 valence electrons. The molecule has 0 aromatic heterocycles. The number of nitrogens with one attached hydrogen (secondary N) is 1. The fourth-order valence-electron chi connectivity index (χ4n) is 0.941. The minimum atomic E-state index is -0.189. The third kappa shape index (κ3) is 3.18. The van der Waals surface area contributed by atoms with E-state index >= 15 is 0 Å². The number of amides is 1. The van der Waals surface area contributed by atoms with Crippen LogP contribution in [-0.4, -0.2) is 11.6 Å². The van der Waals surface area contributed by atoms with Crippen molar-refractivity contribution in [2.75, 3.05) is 0 Å². The van der Waals surface area contributed by atoms with E-state index in [2.05, 4.69) is 10.5 Å². The average Bonchev–Trinajstić information content (AvgIpc) is 2.14. The van der Waals surface area contributed by atoms with Gasteiger partial charge in [0.2, 0.25) is 5.91 Å². The van der Waals surface area contributed by atoms with E-state index in [0.29, 0.717) is 5.02 Å². The van der Waals surface area contributed by atoms with E-state index in [9.17, 15) is 4.79 Å². The number of nitrogens with zero attached hydrogens (tertiary/aromatic N) is 1. The number of rotatable bonds is 2. The Morgan fingerprint density at radius 1 is 1.43 bits per heavy atom. The monoisotopic (exact) mass is 210 g/mol. The number of carbonyl (C=O) groups is 1. The summed E-state index contributed by atoms with van der Waals surface area (Å²) in [5.74, 6) is -0.189. The van der Waals surface area contributed by atoms with Crippen molar-refractivity contribution in [3.63, 3.8) is 0 Å². The van der Waals surface area contributed by atoms with Gasteiger partial charge in [0.1, 0.15) is 0 Å². The van der Waals surface area contributed by atoms with Crippen molar-refractivity contribution in [2.24, 2.45) is 5.10 Å². The predicted octanol–water partition coefficient (Wildman–Crippen LogP) is 2.20. The minimum absolute atomic E-state index is 0.189. The number of hydrogen-bond acceptors (Lipinski definition) is 2. The zero-order valence-corrected chi connectivity index (χ0v) is 8.80. The van der Waals surface area contributed by atoms with Gasteiger partial charge in [0.15, 0.2) is 0 Å². The lowest BCUT2D eigenvalue weighted by atomic mass is 10.1. The van der Waals surface area contributed by atoms with Crippen LogP contribution in [0.15, 0.2) is 29.4 Å². The van der Waals surface area contributed by atoms with Gasteiger partial charge in [-0.2, -0.15) is 5.10 Å². The van der Waals surface area contributed by atoms with E-state index in [0.717, 1.165) is 11.3 Å². The predicted molar refractivity (Wildman–Crippen MR) is 57.5 cm³/mol. The zero-order valence-electron chi connectivity index (χ0n) is 8.04. The van der Waals surface area contributed by atoms with Gasteiger partial charge in [0.25, 0.3) is 0 Å². The first-order valence-electron chi connectivity index (χ1n) is 4.16. The molecule has 1 aromatic rings. The van der Waals surface area contributed by atoms with Crippen molar-refractivity contribution in [3.8, 4) is 0 Å². The number of benzene rings is 1. The molecule has 0 aliphatic carbocycles. The molecular weight excluding hydrogens is 200 g/mol. The van der Waals surface area contributed by atoms with Crippen LogP contribution >= 0.6 is 11.6 Å². The first-order chi connectivity index (χ1) is 6.59. The van der Waals surface area contributed by atoms with Gasteiger partial charge in [-0.15, -0.1) is 0 Å². The number of hydrazone groups is 1. The Balaban J connectivity index is 2.83. The molecule has 4 heteroatoms. The second-order valence-corrected chi connectivity index (χ2v) is 3.31. The quantitative estimate of drug-likeness (QED) is 0.590. The van der Waals surface area contributed by atoms with Gasteiger partial charge in [-0.05, 0) is 24.6 Å². The molecule has 1 rings (SSSR count). The Hall–Kier alpha value is -1.35. The molecule has 0 aliphatic heterocycles. The van der Waals surface area contributed by atoms with E-state index in [1.807, 2.05) is 19.1 Å². The van der Waals surface area contributed by atoms with E-state index in [1.165, 1.54) is 6.92 Å². The zero-order chi connectivity index (χ0) is 10.6. The van der Waals surface area contributed by atoms with Crippen molar-refractivity contribution >= 4 is 23.2 Å². The van der Waals surface area contributed by atoms with Crippen LogP contribution in [0.25, 0.3) is 0 Å². The Labute approximate surface area is 87.8 Å². The van der Waals surface area contributed by atoms with E-state index in [1.54, 1.807) is 12.1 Å². The van der Waals surface area contributed by atoms with Gasteiger partial charge in [-0.1, -0.05) is 23.7 Å². The Morgan fingerprint density at radius 2 is 2.14 bits per heavy atom. The average molecular weight is 211 g/mol. The van der Waals surface area contributed by atoms with E-state index in [-0.39, 0.29) is 5.91 Å². The molecule has 1 aromatic carbocycles. The fourth-order valence-corrected chi connectivity index (χ4v) is 1.13. The molecule has 0 atom stereocenters. The lowest BCUT2D eigenvalue weighted by Crippen LogP contribution is -2.14. The molecule has 1 N–H and O–H groups in total. The maximum atomic E-state index is 10.6. The van der Waals surface area contributed by atoms with Crippen molar-refractivity contribution in [2.45, 2.75) is 13.8 Å². The number of carbonyl (C=O) groups excluding carboxylic acids is 1. The molecule has 0 saturated heterocycles. The summed E-state index contributed by atoms with van der Waals surface area (Å²) in [6.45, 7) is 3.22. The summed E-state index contributed by atoms with van der Waals surface area (Å²) >= 11 is 5.81. The number of hydrogen-bond donors (Lipinski definition) is 1. The van der Waals surface area contributed by atoms with Crippen LogP contribution in [0, 0.1) is 0 Å². The Bertz CT molecular complexity index is 374. The molecule has 0 bridgehead atoms. The lowest BCUT2D eigenvalue weighted by molar-refractivity contribution is -0.118. The molecule has 3 nitrogen and oxygen atoms in total. The van der Waals surface area contributed by atoms with Gasteiger partial charge < -0.3 is 0 Å². The SMILES string of the molecule is CC(=O)N/N=C(/C)c1cccc(Cl)c1. The molecule has 14 heavy (non-hydrogen) atoms. The summed E-state index contributed by atoms with van der Waals surface area (Å²) in [4.78, 5) is 10.6. The fraction of sp³-hybridized carbons (Fsp3) is 0.200. The van der Waals surface area contributed by atoms with Gasteiger partial charge in [0, 0.05) is 11.9 Å². The highest BCUT2D eigenvalue weighted by Crippen LogP contribution is 2.11. The van der Waals surface area contributed by atoms with E-state index in [4.69, 9.17) is 11.6 Å². The van der Waals surface area contributed by atoms with Crippen molar-refractivity contribution in [1.29, 1.82) is 0 Å². The molecule has 0 saturated carbocycles. The Kier molecular flexibility index (Phi) is 3.65. The molecule has 0 spiro atoms. The number of halogens is 1. The molecule has 0 heterocycles.